The van der Waals surface area contributed by atoms with E-state index in [1.807, 2.05) is 0 Å². The van der Waals surface area contributed by atoms with Crippen molar-refractivity contribution in [2.45, 2.75) is 0 Å². The van der Waals surface area contributed by atoms with Gasteiger partial charge in [-0.2, -0.15) is 0 Å². The first-order valence-corrected chi connectivity index (χ1v) is 3.06. The average molecular weight is 174 g/mol. The van der Waals surface area contributed by atoms with Crippen LogP contribution in [0.25, 0.3) is 0 Å². The summed E-state index contributed by atoms with van der Waals surface area (Å²) in [6, 6.07) is 0. The summed E-state index contributed by atoms with van der Waals surface area (Å²) in [5, 5.41) is 0.417. The van der Waals surface area contributed by atoms with Gasteiger partial charge in [-0.05, 0) is 0 Å². The number of nitrogens with zero attached hydrogens (tertiary/aromatic N) is 1. The molecule has 0 aliphatic rings. The van der Waals surface area contributed by atoms with Crippen LogP contribution in [0.4, 0.5) is 0 Å². The Morgan fingerprint density at radius 1 is 1.75 bits per heavy atom. The second kappa shape index (κ2) is 5.68. The Kier molecular flexibility index (Phi) is 8.06. The van der Waals surface area contributed by atoms with E-state index >= 15 is 0 Å². The molecule has 4 heteroatoms. The van der Waals surface area contributed by atoms with Crippen molar-refractivity contribution in [3.05, 3.63) is 0 Å². The molecule has 0 aromatic carbocycles. The van der Waals surface area contributed by atoms with E-state index < -0.39 is 0 Å². The van der Waals surface area contributed by atoms with Crippen molar-refractivity contribution in [1.29, 1.82) is 0 Å². The van der Waals surface area contributed by atoms with Crippen LogP contribution >= 0.6 is 15.9 Å². The van der Waals surface area contributed by atoms with Gasteiger partial charge in [0, 0.05) is 14.1 Å². The van der Waals surface area contributed by atoms with Crippen LogP contribution in [0, 0.1) is 0 Å². The minimum Gasteiger partial charge on any atom is -1.00 e. The zero-order valence-electron chi connectivity index (χ0n) is 6.44. The first kappa shape index (κ1) is 11.4. The Balaban J connectivity index is -0.000000180. The second-order valence-corrected chi connectivity index (χ2v) is 1.98. The molecule has 0 fully saturated rings. The fraction of sp³-hybridized carbons (Fsp3) is 0.750. The van der Waals surface area contributed by atoms with Gasteiger partial charge < -0.3 is 6.33 Å². The molecule has 0 unspecified atom stereocenters. The number of hydrogen-bond donors (Lipinski definition) is 0. The molecule has 0 aromatic rings. The van der Waals surface area contributed by atoms with Gasteiger partial charge in [0.2, 0.25) is 5.91 Å². The van der Waals surface area contributed by atoms with Gasteiger partial charge in [0.15, 0.2) is 0 Å². The van der Waals surface area contributed by atoms with Crippen molar-refractivity contribution in [2.24, 2.45) is 0 Å². The Morgan fingerprint density at radius 3 is 2.12 bits per heavy atom. The standard InChI is InChI=1S/C4H8BrNO.Li.H/c1-6(2)4(7)3-5;;/h3H2,1-2H3;;/q;+1;-1. The van der Waals surface area contributed by atoms with Gasteiger partial charge >= 0.3 is 18.9 Å². The minimum atomic E-state index is 0. The second-order valence-electron chi connectivity index (χ2n) is 1.42. The molecule has 2 nitrogen and oxygen atoms in total. The number of carbonyl (C=O) groups is 1. The molecule has 0 saturated heterocycles. The van der Waals surface area contributed by atoms with E-state index in [1.54, 1.807) is 14.1 Å². The van der Waals surface area contributed by atoms with Crippen molar-refractivity contribution in [2.75, 3.05) is 19.4 Å². The van der Waals surface area contributed by atoms with Crippen LogP contribution < -0.4 is 18.9 Å². The summed E-state index contributed by atoms with van der Waals surface area (Å²) in [6.45, 7) is 0. The summed E-state index contributed by atoms with van der Waals surface area (Å²) >= 11 is 3.02. The van der Waals surface area contributed by atoms with Crippen LogP contribution in [0.15, 0.2) is 0 Å². The van der Waals surface area contributed by atoms with Crippen LogP contribution in [0.5, 0.6) is 0 Å². The number of hydrogen-bond acceptors (Lipinski definition) is 1. The SMILES string of the molecule is CN(C)C(=O)CBr.[H-].[Li+]. The number of amides is 1. The molecule has 1 amide bonds. The fourth-order valence-corrected chi connectivity index (χ4v) is 0.621. The molecule has 0 spiro atoms. The first-order valence-electron chi connectivity index (χ1n) is 1.94. The van der Waals surface area contributed by atoms with Crippen LogP contribution in [0.1, 0.15) is 1.43 Å². The summed E-state index contributed by atoms with van der Waals surface area (Å²) in [4.78, 5) is 11.9. The molecule has 0 aliphatic heterocycles. The molecule has 0 radical (unpaired) electrons. The van der Waals surface area contributed by atoms with Crippen molar-refractivity contribution in [3.63, 3.8) is 0 Å². The molecular formula is C4H9BrLiNO. The summed E-state index contributed by atoms with van der Waals surface area (Å²) in [7, 11) is 3.45. The Bertz CT molecular complexity index is 81.0. The van der Waals surface area contributed by atoms with Gasteiger partial charge in [0.05, 0.1) is 5.33 Å². The molecule has 0 atom stereocenters. The van der Waals surface area contributed by atoms with E-state index in [0.29, 0.717) is 5.33 Å². The minimum absolute atomic E-state index is 0. The molecule has 0 saturated carbocycles. The third-order valence-corrected chi connectivity index (χ3v) is 1.09. The van der Waals surface area contributed by atoms with E-state index in [0.717, 1.165) is 0 Å². The summed E-state index contributed by atoms with van der Waals surface area (Å²) in [5.74, 6) is 0.0972. The van der Waals surface area contributed by atoms with E-state index in [4.69, 9.17) is 0 Å². The Morgan fingerprint density at radius 2 is 2.12 bits per heavy atom. The van der Waals surface area contributed by atoms with Crippen molar-refractivity contribution >= 4 is 21.8 Å². The number of carbonyl (C=O) groups excluding carboxylic acids is 1. The van der Waals surface area contributed by atoms with Crippen LogP contribution in [0.2, 0.25) is 0 Å². The van der Waals surface area contributed by atoms with E-state index in [1.165, 1.54) is 4.90 Å². The largest absolute Gasteiger partial charge is 1.00 e. The van der Waals surface area contributed by atoms with Gasteiger partial charge in [-0.25, -0.2) is 0 Å². The maximum atomic E-state index is 10.4. The molecule has 0 N–H and O–H groups in total. The molecule has 0 heterocycles. The van der Waals surface area contributed by atoms with Gasteiger partial charge in [-0.3, -0.25) is 4.79 Å². The third-order valence-electron chi connectivity index (χ3n) is 0.613. The summed E-state index contributed by atoms with van der Waals surface area (Å²) in [5.41, 5.74) is 0. The maximum Gasteiger partial charge on any atom is 1.00 e. The molecule has 0 rings (SSSR count). The molecule has 0 aromatic heterocycles. The van der Waals surface area contributed by atoms with E-state index in [9.17, 15) is 4.79 Å². The molecule has 0 aliphatic carbocycles. The van der Waals surface area contributed by atoms with Crippen molar-refractivity contribution < 1.29 is 25.1 Å². The molecular weight excluding hydrogens is 165 g/mol. The third kappa shape index (κ3) is 4.70. The van der Waals surface area contributed by atoms with Crippen molar-refractivity contribution in [3.8, 4) is 0 Å². The van der Waals surface area contributed by atoms with Crippen molar-refractivity contribution in [1.82, 2.24) is 4.90 Å². The zero-order chi connectivity index (χ0) is 5.86. The monoisotopic (exact) mass is 173 g/mol. The quantitative estimate of drug-likeness (QED) is 0.320. The van der Waals surface area contributed by atoms with Gasteiger partial charge in [0.1, 0.15) is 0 Å². The molecule has 8 heavy (non-hydrogen) atoms. The fourth-order valence-electron chi connectivity index (χ4n) is 0.120. The topological polar surface area (TPSA) is 20.3 Å². The zero-order valence-corrected chi connectivity index (χ0v) is 7.03. The summed E-state index contributed by atoms with van der Waals surface area (Å²) in [6.07, 6.45) is 0. The number of alkyl halides is 1. The average Bonchev–Trinajstić information content (AvgIpc) is 1.65. The smallest absolute Gasteiger partial charge is 1.00 e. The van der Waals surface area contributed by atoms with Crippen LogP contribution in [0.3, 0.4) is 0 Å². The predicted octanol–water partition coefficient (Wildman–Crippen LogP) is -2.41. The molecule has 44 valence electrons. The molecule has 0 bridgehead atoms. The summed E-state index contributed by atoms with van der Waals surface area (Å²) < 4.78 is 0. The van der Waals surface area contributed by atoms with Gasteiger partial charge in [-0.15, -0.1) is 0 Å². The first-order chi connectivity index (χ1) is 3.18. The van der Waals surface area contributed by atoms with E-state index in [-0.39, 0.29) is 26.2 Å². The number of rotatable bonds is 1. The van der Waals surface area contributed by atoms with E-state index in [2.05, 4.69) is 15.9 Å². The van der Waals surface area contributed by atoms with Gasteiger partial charge in [-0.1, -0.05) is 15.9 Å². The normalized spacial score (nSPS) is 7.38. The van der Waals surface area contributed by atoms with Crippen LogP contribution in [-0.2, 0) is 4.79 Å². The number of halogens is 1. The van der Waals surface area contributed by atoms with Crippen LogP contribution in [-0.4, -0.2) is 30.2 Å². The Hall–Kier alpha value is 0.547. The predicted molar refractivity (Wildman–Crippen MR) is 33.6 cm³/mol. The van der Waals surface area contributed by atoms with Gasteiger partial charge in [0.25, 0.3) is 0 Å². The maximum absolute atomic E-state index is 10.4. The Labute approximate surface area is 71.4 Å².